The van der Waals surface area contributed by atoms with Gasteiger partial charge in [-0.05, 0) is 0 Å². The molecule has 80 valence electrons. The van der Waals surface area contributed by atoms with Gasteiger partial charge in [-0.15, -0.1) is 0 Å². The number of rotatable bonds is 0. The van der Waals surface area contributed by atoms with Crippen molar-refractivity contribution in [3.63, 3.8) is 0 Å². The molecule has 0 saturated heterocycles. The Labute approximate surface area is 94.3 Å². The molecule has 0 amide bonds. The minimum atomic E-state index is 0. The molecule has 0 heterocycles. The van der Waals surface area contributed by atoms with E-state index >= 15 is 0 Å². The monoisotopic (exact) mass is 229 g/mol. The SMILES string of the molecule is N=C=O.[Fe].[cH-]1[cH-][cH-][cH-][cH-]1.c1cc[cH-]c1. The topological polar surface area (TPSA) is 40.9 Å². The molecule has 0 aliphatic carbocycles. The molecule has 0 aliphatic heterocycles. The third-order valence-electron chi connectivity index (χ3n) is 1.11. The summed E-state index contributed by atoms with van der Waals surface area (Å²) in [7, 11) is 0. The van der Waals surface area contributed by atoms with Crippen LogP contribution in [0.5, 0.6) is 0 Å². The van der Waals surface area contributed by atoms with E-state index in [2.05, 4.69) is 0 Å². The summed E-state index contributed by atoms with van der Waals surface area (Å²) in [5, 5.41) is 5.40. The zero-order valence-electron chi connectivity index (χ0n) is 7.54. The van der Waals surface area contributed by atoms with Crippen molar-refractivity contribution in [1.82, 2.24) is 0 Å². The Bertz CT molecular complexity index is 220. The largest absolute Gasteiger partial charge is 0.748 e. The molecule has 2 rings (SSSR count). The summed E-state index contributed by atoms with van der Waals surface area (Å²) in [6.45, 7) is 0. The van der Waals surface area contributed by atoms with E-state index in [1.54, 1.807) is 0 Å². The van der Waals surface area contributed by atoms with Crippen molar-refractivity contribution in [2.24, 2.45) is 0 Å². The van der Waals surface area contributed by atoms with E-state index in [0.29, 0.717) is 0 Å². The third-order valence-corrected chi connectivity index (χ3v) is 1.11. The van der Waals surface area contributed by atoms with Crippen LogP contribution in [-0.2, 0) is 21.9 Å². The first-order valence-corrected chi connectivity index (χ1v) is 3.79. The van der Waals surface area contributed by atoms with Crippen LogP contribution >= 0.6 is 0 Å². The van der Waals surface area contributed by atoms with Gasteiger partial charge >= 0.3 is 0 Å². The molecule has 2 nitrogen and oxygen atoms in total. The van der Waals surface area contributed by atoms with E-state index in [1.165, 1.54) is 0 Å². The van der Waals surface area contributed by atoms with Gasteiger partial charge in [0.05, 0.1) is 0 Å². The summed E-state index contributed by atoms with van der Waals surface area (Å²) in [6, 6.07) is 20.0. The smallest absolute Gasteiger partial charge is 0.231 e. The van der Waals surface area contributed by atoms with Crippen molar-refractivity contribution < 1.29 is 21.9 Å². The van der Waals surface area contributed by atoms with Crippen LogP contribution < -0.4 is 0 Å². The summed E-state index contributed by atoms with van der Waals surface area (Å²) >= 11 is 0. The van der Waals surface area contributed by atoms with Crippen LogP contribution in [0.1, 0.15) is 0 Å². The van der Waals surface area contributed by atoms with E-state index < -0.39 is 0 Å². The van der Waals surface area contributed by atoms with E-state index in [9.17, 15) is 0 Å². The number of nitrogens with one attached hydrogen (secondary N) is 1. The van der Waals surface area contributed by atoms with E-state index in [1.807, 2.05) is 60.7 Å². The maximum Gasteiger partial charge on any atom is 0.231 e. The normalized spacial score (nSPS) is 6.29. The molecule has 14 heavy (non-hydrogen) atoms. The Morgan fingerprint density at radius 3 is 1.36 bits per heavy atom. The fourth-order valence-corrected chi connectivity index (χ4v) is 0.642. The summed E-state index contributed by atoms with van der Waals surface area (Å²) in [5.74, 6) is 0. The maximum atomic E-state index is 8.35. The molecule has 0 spiro atoms. The number of carbonyl (C=O) groups excluding carboxylic acids is 1. The molecule has 0 radical (unpaired) electrons. The first-order chi connectivity index (χ1) is 6.41. The molecular formula is C11H11FeNO-6. The van der Waals surface area contributed by atoms with Crippen LogP contribution in [0.2, 0.25) is 0 Å². The Kier molecular flexibility index (Phi) is 15.2. The van der Waals surface area contributed by atoms with Gasteiger partial charge < -0.3 is 30.3 Å². The minimum absolute atomic E-state index is 0. The van der Waals surface area contributed by atoms with Gasteiger partial charge in [0.15, 0.2) is 0 Å². The van der Waals surface area contributed by atoms with E-state index in [4.69, 9.17) is 10.2 Å². The summed E-state index contributed by atoms with van der Waals surface area (Å²) in [5.41, 5.74) is 0. The number of hydrogen-bond acceptors (Lipinski definition) is 2. The van der Waals surface area contributed by atoms with Gasteiger partial charge in [0.1, 0.15) is 0 Å². The molecule has 2 aromatic carbocycles. The molecule has 2 aromatic rings. The van der Waals surface area contributed by atoms with Gasteiger partial charge in [-0.1, -0.05) is 0 Å². The van der Waals surface area contributed by atoms with Gasteiger partial charge in [0, 0.05) is 17.1 Å². The van der Waals surface area contributed by atoms with Gasteiger partial charge in [0.2, 0.25) is 6.08 Å². The molecule has 3 heteroatoms. The average molecular weight is 229 g/mol. The van der Waals surface area contributed by atoms with E-state index in [-0.39, 0.29) is 17.1 Å². The molecular weight excluding hydrogens is 218 g/mol. The first kappa shape index (κ1) is 15.1. The van der Waals surface area contributed by atoms with Crippen LogP contribution in [0, 0.1) is 5.41 Å². The Hall–Kier alpha value is -1.40. The van der Waals surface area contributed by atoms with Crippen molar-refractivity contribution in [2.45, 2.75) is 0 Å². The van der Waals surface area contributed by atoms with Crippen LogP contribution in [0.3, 0.4) is 0 Å². The second-order valence-electron chi connectivity index (χ2n) is 2.03. The zero-order valence-corrected chi connectivity index (χ0v) is 8.64. The van der Waals surface area contributed by atoms with Crippen molar-refractivity contribution in [1.29, 1.82) is 5.41 Å². The van der Waals surface area contributed by atoms with E-state index in [0.717, 1.165) is 6.08 Å². The van der Waals surface area contributed by atoms with Gasteiger partial charge in [-0.2, -0.15) is 18.2 Å². The second kappa shape index (κ2) is 14.1. The third kappa shape index (κ3) is 13.2. The minimum Gasteiger partial charge on any atom is -0.748 e. The second-order valence-corrected chi connectivity index (χ2v) is 2.03. The Morgan fingerprint density at radius 2 is 1.21 bits per heavy atom. The molecule has 0 saturated carbocycles. The fourth-order valence-electron chi connectivity index (χ4n) is 0.642. The number of isocyanates is 1. The molecule has 0 aliphatic rings. The molecule has 1 N–H and O–H groups in total. The first-order valence-electron chi connectivity index (χ1n) is 3.79. The molecule has 0 fully saturated rings. The van der Waals surface area contributed by atoms with Gasteiger partial charge in [-0.25, -0.2) is 22.3 Å². The van der Waals surface area contributed by atoms with Crippen LogP contribution in [0.25, 0.3) is 0 Å². The van der Waals surface area contributed by atoms with Crippen molar-refractivity contribution in [3.8, 4) is 0 Å². The molecule has 0 bridgehead atoms. The average Bonchev–Trinajstić information content (AvgIpc) is 2.85. The fraction of sp³-hybridized carbons (Fsp3) is 0. The predicted octanol–water partition coefficient (Wildman–Crippen LogP) is 2.71. The van der Waals surface area contributed by atoms with Gasteiger partial charge in [-0.3, -0.25) is 0 Å². The van der Waals surface area contributed by atoms with Crippen molar-refractivity contribution in [3.05, 3.63) is 60.7 Å². The van der Waals surface area contributed by atoms with Crippen LogP contribution in [0.15, 0.2) is 60.7 Å². The summed E-state index contributed by atoms with van der Waals surface area (Å²) in [4.78, 5) is 8.35. The Morgan fingerprint density at radius 1 is 0.929 bits per heavy atom. The van der Waals surface area contributed by atoms with Crippen molar-refractivity contribution in [2.75, 3.05) is 0 Å². The van der Waals surface area contributed by atoms with Crippen molar-refractivity contribution >= 4 is 6.08 Å². The zero-order chi connectivity index (χ0) is 9.78. The maximum absolute atomic E-state index is 8.35. The number of hydrogen-bond donors (Lipinski definition) is 1. The Balaban J connectivity index is 0. The molecule has 0 atom stereocenters. The van der Waals surface area contributed by atoms with Crippen LogP contribution in [-0.4, -0.2) is 6.08 Å². The quantitative estimate of drug-likeness (QED) is 0.321. The summed E-state index contributed by atoms with van der Waals surface area (Å²) < 4.78 is 0. The van der Waals surface area contributed by atoms with Gasteiger partial charge in [0.25, 0.3) is 0 Å². The molecule has 0 unspecified atom stereocenters. The predicted molar refractivity (Wildman–Crippen MR) is 52.5 cm³/mol. The molecule has 0 aromatic heterocycles. The summed E-state index contributed by atoms with van der Waals surface area (Å²) in [6.07, 6.45) is 0.750. The van der Waals surface area contributed by atoms with Crippen LogP contribution in [0.4, 0.5) is 0 Å². The standard InChI is InChI=1S/2C5H5.CHNO.Fe/c2*1-2-4-5-3-1;2-1-3;/h2*1-5H;2H;/q-5;-1;;.